The molecule has 1 rings (SSSR count). The van der Waals surface area contributed by atoms with Crippen molar-refractivity contribution in [3.05, 3.63) is 23.7 Å². The summed E-state index contributed by atoms with van der Waals surface area (Å²) in [5, 5.41) is 3.27. The largest absolute Gasteiger partial charge is 0.467 e. The molecule has 0 unspecified atom stereocenters. The Balaban J connectivity index is 2.24. The third-order valence-electron chi connectivity index (χ3n) is 3.04. The van der Waals surface area contributed by atoms with Crippen molar-refractivity contribution in [3.8, 4) is 0 Å². The van der Waals surface area contributed by atoms with E-state index in [9.17, 15) is 0 Å². The van der Waals surface area contributed by atoms with Crippen LogP contribution >= 0.6 is 0 Å². The van der Waals surface area contributed by atoms with Crippen molar-refractivity contribution in [2.75, 3.05) is 13.2 Å². The lowest BCUT2D eigenvalue weighted by molar-refractivity contribution is 0.0730. The fourth-order valence-electron chi connectivity index (χ4n) is 1.71. The SMILES string of the molecule is CCNCc1coc(COCC(CC)CC)c1. The molecule has 98 valence electrons. The maximum absolute atomic E-state index is 5.67. The quantitative estimate of drug-likeness (QED) is 0.717. The summed E-state index contributed by atoms with van der Waals surface area (Å²) in [5.41, 5.74) is 1.19. The highest BCUT2D eigenvalue weighted by Crippen LogP contribution is 2.12. The van der Waals surface area contributed by atoms with Gasteiger partial charge in [-0.05, 0) is 18.5 Å². The summed E-state index contributed by atoms with van der Waals surface area (Å²) in [7, 11) is 0. The summed E-state index contributed by atoms with van der Waals surface area (Å²) >= 11 is 0. The van der Waals surface area contributed by atoms with Crippen LogP contribution in [0.15, 0.2) is 16.7 Å². The maximum Gasteiger partial charge on any atom is 0.129 e. The van der Waals surface area contributed by atoms with E-state index >= 15 is 0 Å². The zero-order chi connectivity index (χ0) is 12.5. The van der Waals surface area contributed by atoms with Gasteiger partial charge >= 0.3 is 0 Å². The van der Waals surface area contributed by atoms with Gasteiger partial charge < -0.3 is 14.5 Å². The smallest absolute Gasteiger partial charge is 0.129 e. The lowest BCUT2D eigenvalue weighted by atomic mass is 10.1. The van der Waals surface area contributed by atoms with E-state index in [-0.39, 0.29) is 0 Å². The van der Waals surface area contributed by atoms with Gasteiger partial charge in [-0.2, -0.15) is 0 Å². The molecule has 0 amide bonds. The molecule has 0 aliphatic heterocycles. The zero-order valence-electron chi connectivity index (χ0n) is 11.3. The molecule has 0 atom stereocenters. The number of nitrogens with one attached hydrogen (secondary N) is 1. The van der Waals surface area contributed by atoms with E-state index in [1.54, 1.807) is 6.26 Å². The molecule has 1 N–H and O–H groups in total. The van der Waals surface area contributed by atoms with E-state index in [1.807, 2.05) is 0 Å². The first kappa shape index (κ1) is 14.3. The van der Waals surface area contributed by atoms with Gasteiger partial charge in [-0.3, -0.25) is 0 Å². The van der Waals surface area contributed by atoms with Crippen molar-refractivity contribution in [1.82, 2.24) is 5.32 Å². The molecular weight excluding hydrogens is 214 g/mol. The van der Waals surface area contributed by atoms with Crippen molar-refractivity contribution in [2.24, 2.45) is 5.92 Å². The van der Waals surface area contributed by atoms with Crippen molar-refractivity contribution in [3.63, 3.8) is 0 Å². The van der Waals surface area contributed by atoms with Gasteiger partial charge in [-0.25, -0.2) is 0 Å². The minimum Gasteiger partial charge on any atom is -0.467 e. The number of hydrogen-bond donors (Lipinski definition) is 1. The first-order chi connectivity index (χ1) is 8.30. The monoisotopic (exact) mass is 239 g/mol. The molecule has 0 saturated heterocycles. The van der Waals surface area contributed by atoms with Crippen molar-refractivity contribution in [1.29, 1.82) is 0 Å². The Kier molecular flexibility index (Phi) is 6.97. The molecule has 1 aromatic rings. The van der Waals surface area contributed by atoms with Crippen LogP contribution in [0.3, 0.4) is 0 Å². The average Bonchev–Trinajstić information content (AvgIpc) is 2.80. The molecule has 0 aliphatic carbocycles. The summed E-state index contributed by atoms with van der Waals surface area (Å²) in [5.74, 6) is 1.59. The van der Waals surface area contributed by atoms with Crippen LogP contribution in [0.5, 0.6) is 0 Å². The molecule has 3 heteroatoms. The van der Waals surface area contributed by atoms with E-state index in [2.05, 4.69) is 32.2 Å². The number of rotatable bonds is 9. The highest BCUT2D eigenvalue weighted by Gasteiger charge is 2.05. The van der Waals surface area contributed by atoms with E-state index in [0.29, 0.717) is 12.5 Å². The Hall–Kier alpha value is -0.800. The van der Waals surface area contributed by atoms with Crippen molar-refractivity contribution < 1.29 is 9.15 Å². The van der Waals surface area contributed by atoms with Gasteiger partial charge in [0.25, 0.3) is 0 Å². The van der Waals surface area contributed by atoms with E-state index in [4.69, 9.17) is 9.15 Å². The van der Waals surface area contributed by atoms with Crippen LogP contribution in [0, 0.1) is 5.92 Å². The number of hydrogen-bond acceptors (Lipinski definition) is 3. The molecule has 17 heavy (non-hydrogen) atoms. The maximum atomic E-state index is 5.67. The first-order valence-electron chi connectivity index (χ1n) is 6.64. The van der Waals surface area contributed by atoms with Crippen LogP contribution < -0.4 is 5.32 Å². The van der Waals surface area contributed by atoms with E-state index in [0.717, 1.165) is 25.5 Å². The van der Waals surface area contributed by atoms with Crippen LogP contribution in [0.1, 0.15) is 44.9 Å². The van der Waals surface area contributed by atoms with Gasteiger partial charge in [0.05, 0.1) is 6.26 Å². The lowest BCUT2D eigenvalue weighted by Gasteiger charge is -2.11. The third kappa shape index (κ3) is 5.37. The predicted octanol–water partition coefficient (Wildman–Crippen LogP) is 3.34. The highest BCUT2D eigenvalue weighted by molar-refractivity contribution is 5.11. The number of ether oxygens (including phenoxy) is 1. The fraction of sp³-hybridized carbons (Fsp3) is 0.714. The van der Waals surface area contributed by atoms with Gasteiger partial charge in [0.15, 0.2) is 0 Å². The van der Waals surface area contributed by atoms with Crippen LogP contribution in [0.25, 0.3) is 0 Å². The second kappa shape index (κ2) is 8.31. The summed E-state index contributed by atoms with van der Waals surface area (Å²) < 4.78 is 11.1. The van der Waals surface area contributed by atoms with Gasteiger partial charge in [-0.1, -0.05) is 33.6 Å². The Morgan fingerprint density at radius 3 is 2.71 bits per heavy atom. The Morgan fingerprint density at radius 1 is 1.29 bits per heavy atom. The fourth-order valence-corrected chi connectivity index (χ4v) is 1.71. The minimum atomic E-state index is 0.586. The molecule has 0 fully saturated rings. The molecule has 3 nitrogen and oxygen atoms in total. The Bertz CT molecular complexity index is 292. The Morgan fingerprint density at radius 2 is 2.06 bits per heavy atom. The molecule has 1 heterocycles. The minimum absolute atomic E-state index is 0.586. The molecule has 0 bridgehead atoms. The second-order valence-electron chi connectivity index (χ2n) is 4.40. The second-order valence-corrected chi connectivity index (χ2v) is 4.40. The molecular formula is C14H25NO2. The van der Waals surface area contributed by atoms with Crippen LogP contribution in [-0.2, 0) is 17.9 Å². The lowest BCUT2D eigenvalue weighted by Crippen LogP contribution is -2.10. The molecule has 1 aromatic heterocycles. The molecule has 0 spiro atoms. The van der Waals surface area contributed by atoms with Crippen LogP contribution in [-0.4, -0.2) is 13.2 Å². The zero-order valence-corrected chi connectivity index (χ0v) is 11.3. The van der Waals surface area contributed by atoms with E-state index in [1.165, 1.54) is 18.4 Å². The number of furan rings is 1. The normalized spacial score (nSPS) is 11.3. The summed E-state index contributed by atoms with van der Waals surface area (Å²) in [6.45, 7) is 9.77. The Labute approximate surface area is 105 Å². The molecule has 0 saturated carbocycles. The molecule has 0 aromatic carbocycles. The van der Waals surface area contributed by atoms with Gasteiger partial charge in [0.2, 0.25) is 0 Å². The molecule has 0 aliphatic rings. The van der Waals surface area contributed by atoms with E-state index < -0.39 is 0 Å². The average molecular weight is 239 g/mol. The van der Waals surface area contributed by atoms with Gasteiger partial charge in [0, 0.05) is 18.7 Å². The topological polar surface area (TPSA) is 34.4 Å². The van der Waals surface area contributed by atoms with Crippen molar-refractivity contribution >= 4 is 0 Å². The highest BCUT2D eigenvalue weighted by atomic mass is 16.5. The van der Waals surface area contributed by atoms with Crippen LogP contribution in [0.4, 0.5) is 0 Å². The summed E-state index contributed by atoms with van der Waals surface area (Å²) in [6, 6.07) is 2.07. The van der Waals surface area contributed by atoms with Crippen LogP contribution in [0.2, 0.25) is 0 Å². The predicted molar refractivity (Wildman–Crippen MR) is 69.8 cm³/mol. The summed E-state index contributed by atoms with van der Waals surface area (Å²) in [4.78, 5) is 0. The standard InChI is InChI=1S/C14H25NO2/c1-4-12(5-2)9-16-11-14-7-13(10-17-14)8-15-6-3/h7,10,12,15H,4-6,8-9,11H2,1-3H3. The van der Waals surface area contributed by atoms with Gasteiger partial charge in [0.1, 0.15) is 12.4 Å². The molecule has 0 radical (unpaired) electrons. The van der Waals surface area contributed by atoms with Gasteiger partial charge in [-0.15, -0.1) is 0 Å². The van der Waals surface area contributed by atoms with Crippen molar-refractivity contribution in [2.45, 2.75) is 46.8 Å². The third-order valence-corrected chi connectivity index (χ3v) is 3.04. The first-order valence-corrected chi connectivity index (χ1v) is 6.64. The summed E-state index contributed by atoms with van der Waals surface area (Å²) in [6.07, 6.45) is 4.17.